The number of amides is 1. The van der Waals surface area contributed by atoms with Crippen LogP contribution in [0, 0.1) is 11.3 Å². The molecule has 2 heterocycles. The summed E-state index contributed by atoms with van der Waals surface area (Å²) in [6.07, 6.45) is 1.55. The molecule has 1 aliphatic heterocycles. The minimum atomic E-state index is -0.279. The van der Waals surface area contributed by atoms with Crippen molar-refractivity contribution < 1.29 is 14.3 Å². The zero-order valence-electron chi connectivity index (χ0n) is 17.5. The molecule has 8 nitrogen and oxygen atoms in total. The molecule has 164 valence electrons. The van der Waals surface area contributed by atoms with Crippen molar-refractivity contribution in [3.05, 3.63) is 64.3 Å². The summed E-state index contributed by atoms with van der Waals surface area (Å²) in [6, 6.07) is 12.9. The molecule has 3 aromatic rings. The molecule has 1 amide bonds. The van der Waals surface area contributed by atoms with Crippen molar-refractivity contribution in [1.82, 2.24) is 15.4 Å². The van der Waals surface area contributed by atoms with Crippen molar-refractivity contribution in [2.75, 3.05) is 38.7 Å². The average Bonchev–Trinajstić information content (AvgIpc) is 2.82. The molecule has 4 rings (SSSR count). The number of carbonyl (C=O) groups excluding carboxylic acids is 1. The van der Waals surface area contributed by atoms with E-state index in [1.807, 2.05) is 17.1 Å². The molecule has 1 aliphatic rings. The number of anilines is 1. The Bertz CT molecular complexity index is 1190. The van der Waals surface area contributed by atoms with E-state index in [-0.39, 0.29) is 5.91 Å². The first-order chi connectivity index (χ1) is 15.6. The third-order valence-electron chi connectivity index (χ3n) is 5.20. The smallest absolute Gasteiger partial charge is 0.269 e. The van der Waals surface area contributed by atoms with E-state index in [0.717, 1.165) is 5.56 Å². The third-order valence-corrected chi connectivity index (χ3v) is 5.49. The molecule has 0 saturated carbocycles. The molecule has 0 unspecified atom stereocenters. The molecule has 2 N–H and O–H groups in total. The standard InChI is InChI=1S/C23H22ClN5O3/c1-31-21-5-3-16(11-19(21)24)13-27-22-17-10-15(12-25)2-4-20(17)26-14-18(22)23(30)28-29-6-8-32-9-7-29/h2-5,10-11,14H,6-9,13H2,1H3,(H,26,27)(H,28,30). The minimum absolute atomic E-state index is 0.279. The summed E-state index contributed by atoms with van der Waals surface area (Å²) < 4.78 is 10.6. The normalized spacial score (nSPS) is 14.0. The van der Waals surface area contributed by atoms with Crippen LogP contribution in [0.5, 0.6) is 5.75 Å². The van der Waals surface area contributed by atoms with E-state index in [1.165, 1.54) is 0 Å². The highest BCUT2D eigenvalue weighted by Crippen LogP contribution is 2.29. The monoisotopic (exact) mass is 451 g/mol. The lowest BCUT2D eigenvalue weighted by molar-refractivity contribution is 0.0126. The topological polar surface area (TPSA) is 99.5 Å². The Kier molecular flexibility index (Phi) is 6.71. The number of nitriles is 1. The van der Waals surface area contributed by atoms with Crippen LogP contribution < -0.4 is 15.5 Å². The van der Waals surface area contributed by atoms with E-state index < -0.39 is 0 Å². The van der Waals surface area contributed by atoms with Gasteiger partial charge in [0.25, 0.3) is 5.91 Å². The molecule has 0 atom stereocenters. The molecule has 1 saturated heterocycles. The average molecular weight is 452 g/mol. The highest BCUT2D eigenvalue weighted by Gasteiger charge is 2.20. The Morgan fingerprint density at radius 3 is 2.81 bits per heavy atom. The predicted molar refractivity (Wildman–Crippen MR) is 122 cm³/mol. The van der Waals surface area contributed by atoms with Crippen LogP contribution in [0.15, 0.2) is 42.6 Å². The number of hydrogen-bond acceptors (Lipinski definition) is 7. The number of morpholine rings is 1. The molecular weight excluding hydrogens is 430 g/mol. The van der Waals surface area contributed by atoms with Gasteiger partial charge in [-0.05, 0) is 35.9 Å². The zero-order valence-corrected chi connectivity index (χ0v) is 18.3. The zero-order chi connectivity index (χ0) is 22.5. The van der Waals surface area contributed by atoms with Crippen molar-refractivity contribution in [3.63, 3.8) is 0 Å². The molecule has 0 bridgehead atoms. The van der Waals surface area contributed by atoms with Gasteiger partial charge in [-0.25, -0.2) is 5.01 Å². The molecule has 1 fully saturated rings. The number of hydrogen-bond donors (Lipinski definition) is 2. The van der Waals surface area contributed by atoms with Crippen LogP contribution in [0.4, 0.5) is 5.69 Å². The van der Waals surface area contributed by atoms with Gasteiger partial charge in [-0.15, -0.1) is 0 Å². The highest BCUT2D eigenvalue weighted by atomic mass is 35.5. The van der Waals surface area contributed by atoms with Gasteiger partial charge >= 0.3 is 0 Å². The summed E-state index contributed by atoms with van der Waals surface area (Å²) in [5.41, 5.74) is 6.00. The number of aromatic nitrogens is 1. The van der Waals surface area contributed by atoms with Crippen molar-refractivity contribution >= 4 is 34.1 Å². The van der Waals surface area contributed by atoms with Gasteiger partial charge in [-0.3, -0.25) is 15.2 Å². The predicted octanol–water partition coefficient (Wildman–Crippen LogP) is 3.36. The number of carbonyl (C=O) groups is 1. The Morgan fingerprint density at radius 1 is 1.28 bits per heavy atom. The quantitative estimate of drug-likeness (QED) is 0.592. The van der Waals surface area contributed by atoms with Gasteiger partial charge in [0.15, 0.2) is 0 Å². The number of nitrogens with zero attached hydrogens (tertiary/aromatic N) is 3. The number of nitrogens with one attached hydrogen (secondary N) is 2. The maximum atomic E-state index is 13.1. The number of pyridine rings is 1. The van der Waals surface area contributed by atoms with Crippen LogP contribution in [0.2, 0.25) is 5.02 Å². The van der Waals surface area contributed by atoms with Crippen molar-refractivity contribution in [1.29, 1.82) is 5.26 Å². The summed E-state index contributed by atoms with van der Waals surface area (Å²) in [7, 11) is 1.56. The first kappa shape index (κ1) is 21.8. The van der Waals surface area contributed by atoms with Gasteiger partial charge in [0, 0.05) is 31.2 Å². The van der Waals surface area contributed by atoms with E-state index in [4.69, 9.17) is 21.1 Å². The summed E-state index contributed by atoms with van der Waals surface area (Å²) in [4.78, 5) is 17.5. The molecule has 9 heteroatoms. The van der Waals surface area contributed by atoms with Crippen molar-refractivity contribution in [2.45, 2.75) is 6.54 Å². The second kappa shape index (κ2) is 9.83. The van der Waals surface area contributed by atoms with E-state index in [9.17, 15) is 10.1 Å². The number of methoxy groups -OCH3 is 1. The molecule has 0 aliphatic carbocycles. The van der Waals surface area contributed by atoms with E-state index >= 15 is 0 Å². The second-order valence-corrected chi connectivity index (χ2v) is 7.66. The number of halogens is 1. The number of fused-ring (bicyclic) bond motifs is 1. The lowest BCUT2D eigenvalue weighted by Crippen LogP contribution is -2.48. The lowest BCUT2D eigenvalue weighted by Gasteiger charge is -2.27. The van der Waals surface area contributed by atoms with E-state index in [0.29, 0.717) is 71.3 Å². The van der Waals surface area contributed by atoms with Crippen LogP contribution in [0.1, 0.15) is 21.5 Å². The van der Waals surface area contributed by atoms with Crippen LogP contribution in [0.25, 0.3) is 10.9 Å². The Labute approximate surface area is 190 Å². The Balaban J connectivity index is 1.68. The molecule has 2 aromatic carbocycles. The molecule has 32 heavy (non-hydrogen) atoms. The molecular formula is C23H22ClN5O3. The van der Waals surface area contributed by atoms with E-state index in [2.05, 4.69) is 21.8 Å². The fourth-order valence-corrected chi connectivity index (χ4v) is 3.79. The second-order valence-electron chi connectivity index (χ2n) is 7.25. The highest BCUT2D eigenvalue weighted by molar-refractivity contribution is 6.32. The van der Waals surface area contributed by atoms with Gasteiger partial charge in [-0.2, -0.15) is 5.26 Å². The number of hydrazine groups is 1. The van der Waals surface area contributed by atoms with Crippen molar-refractivity contribution in [3.8, 4) is 11.8 Å². The van der Waals surface area contributed by atoms with Gasteiger partial charge in [-0.1, -0.05) is 17.7 Å². The Morgan fingerprint density at radius 2 is 2.09 bits per heavy atom. The fraction of sp³-hybridized carbons (Fsp3) is 0.261. The van der Waals surface area contributed by atoms with Crippen LogP contribution in [-0.2, 0) is 11.3 Å². The van der Waals surface area contributed by atoms with Crippen LogP contribution >= 0.6 is 11.6 Å². The fourth-order valence-electron chi connectivity index (χ4n) is 3.51. The van der Waals surface area contributed by atoms with Gasteiger partial charge in [0.05, 0.1) is 53.7 Å². The van der Waals surface area contributed by atoms with Crippen molar-refractivity contribution in [2.24, 2.45) is 0 Å². The van der Waals surface area contributed by atoms with Gasteiger partial charge in [0.2, 0.25) is 0 Å². The third kappa shape index (κ3) is 4.75. The molecule has 0 radical (unpaired) electrons. The maximum Gasteiger partial charge on any atom is 0.269 e. The maximum absolute atomic E-state index is 13.1. The molecule has 1 aromatic heterocycles. The molecule has 0 spiro atoms. The minimum Gasteiger partial charge on any atom is -0.495 e. The van der Waals surface area contributed by atoms with Gasteiger partial charge < -0.3 is 14.8 Å². The SMILES string of the molecule is COc1ccc(CNc2c(C(=O)NN3CCOCC3)cnc3ccc(C#N)cc23)cc1Cl. The summed E-state index contributed by atoms with van der Waals surface area (Å²) in [5.74, 6) is 0.313. The van der Waals surface area contributed by atoms with Gasteiger partial charge in [0.1, 0.15) is 5.75 Å². The number of rotatable bonds is 6. The summed E-state index contributed by atoms with van der Waals surface area (Å²) >= 11 is 6.26. The first-order valence-electron chi connectivity index (χ1n) is 10.1. The lowest BCUT2D eigenvalue weighted by atomic mass is 10.1. The number of benzene rings is 2. The van der Waals surface area contributed by atoms with E-state index in [1.54, 1.807) is 37.6 Å². The van der Waals surface area contributed by atoms with Crippen LogP contribution in [-0.4, -0.2) is 49.3 Å². The first-order valence-corrected chi connectivity index (χ1v) is 10.5. The summed E-state index contributed by atoms with van der Waals surface area (Å²) in [5, 5.41) is 15.7. The largest absolute Gasteiger partial charge is 0.495 e. The van der Waals surface area contributed by atoms with Crippen LogP contribution in [0.3, 0.4) is 0 Å². The number of ether oxygens (including phenoxy) is 2. The summed E-state index contributed by atoms with van der Waals surface area (Å²) in [6.45, 7) is 2.75. The Hall–Kier alpha value is -3.38.